The average molecular weight is 471 g/mol. The van der Waals surface area contributed by atoms with Crippen molar-refractivity contribution in [2.45, 2.75) is 42.9 Å². The van der Waals surface area contributed by atoms with Crippen LogP contribution in [0.3, 0.4) is 0 Å². The Morgan fingerprint density at radius 3 is 2.61 bits per heavy atom. The number of aromatic amines is 1. The number of benzene rings is 1. The number of H-pyrrole nitrogens is 1. The van der Waals surface area contributed by atoms with Gasteiger partial charge in [-0.1, -0.05) is 0 Å². The van der Waals surface area contributed by atoms with Crippen molar-refractivity contribution >= 4 is 32.2 Å². The maximum Gasteiger partial charge on any atom is 0.261 e. The van der Waals surface area contributed by atoms with Gasteiger partial charge < -0.3 is 15.0 Å². The highest BCUT2D eigenvalue weighted by molar-refractivity contribution is 7.92. The Bertz CT molecular complexity index is 1360. The third-order valence-electron chi connectivity index (χ3n) is 5.57. The van der Waals surface area contributed by atoms with Gasteiger partial charge in [0.15, 0.2) is 15.7 Å². The highest BCUT2D eigenvalue weighted by Gasteiger charge is 2.31. The summed E-state index contributed by atoms with van der Waals surface area (Å²) in [5.41, 5.74) is 0.803. The second-order valence-corrected chi connectivity index (χ2v) is 11.5. The molecule has 0 aliphatic carbocycles. The van der Waals surface area contributed by atoms with Crippen molar-refractivity contribution in [2.24, 2.45) is 0 Å². The molecule has 174 valence electrons. The van der Waals surface area contributed by atoms with E-state index in [-0.39, 0.29) is 10.5 Å². The quantitative estimate of drug-likeness (QED) is 0.593. The normalized spacial score (nSPS) is 17.5. The molecule has 2 aromatic heterocycles. The van der Waals surface area contributed by atoms with E-state index in [2.05, 4.69) is 21.5 Å². The van der Waals surface area contributed by atoms with Crippen molar-refractivity contribution in [3.63, 3.8) is 0 Å². The van der Waals surface area contributed by atoms with Crippen molar-refractivity contribution in [3.8, 4) is 6.07 Å². The second-order valence-electron chi connectivity index (χ2n) is 8.78. The number of nitrogens with zero attached hydrogens (tertiary/aromatic N) is 4. The van der Waals surface area contributed by atoms with Crippen LogP contribution in [0.4, 0.5) is 11.5 Å². The van der Waals surface area contributed by atoms with Crippen molar-refractivity contribution in [1.29, 1.82) is 5.26 Å². The van der Waals surface area contributed by atoms with Crippen LogP contribution in [0.1, 0.15) is 27.2 Å². The first-order valence-electron chi connectivity index (χ1n) is 10.6. The Balaban J connectivity index is 1.74. The van der Waals surface area contributed by atoms with Crippen LogP contribution in [0.2, 0.25) is 0 Å². The minimum Gasteiger partial charge on any atom is -0.379 e. The molecule has 1 saturated heterocycles. The van der Waals surface area contributed by atoms with E-state index in [4.69, 9.17) is 4.74 Å². The largest absolute Gasteiger partial charge is 0.379 e. The SMILES string of the molecule is CC(C)(C)S(=O)(=O)c1ccc(Nc2nn(N3CCOCCC3C#N)c3cc[nH]c(=O)c23)cc1. The number of hydrogen-bond acceptors (Lipinski definition) is 8. The summed E-state index contributed by atoms with van der Waals surface area (Å²) < 4.78 is 30.0. The number of ether oxygens (including phenoxy) is 1. The molecule has 0 amide bonds. The number of anilines is 2. The van der Waals surface area contributed by atoms with Crippen molar-refractivity contribution in [3.05, 3.63) is 46.9 Å². The van der Waals surface area contributed by atoms with Gasteiger partial charge in [0.2, 0.25) is 0 Å². The van der Waals surface area contributed by atoms with Gasteiger partial charge >= 0.3 is 0 Å². The Morgan fingerprint density at radius 1 is 1.21 bits per heavy atom. The number of rotatable bonds is 4. The molecule has 3 aromatic rings. The number of aromatic nitrogens is 3. The van der Waals surface area contributed by atoms with Gasteiger partial charge in [0.25, 0.3) is 5.56 Å². The highest BCUT2D eigenvalue weighted by atomic mass is 32.2. The molecule has 11 heteroatoms. The lowest BCUT2D eigenvalue weighted by atomic mass is 10.2. The molecule has 0 radical (unpaired) electrons. The lowest BCUT2D eigenvalue weighted by molar-refractivity contribution is 0.150. The third-order valence-corrected chi connectivity index (χ3v) is 8.08. The minimum absolute atomic E-state index is 0.218. The van der Waals surface area contributed by atoms with Gasteiger partial charge in [-0.2, -0.15) is 10.1 Å². The van der Waals surface area contributed by atoms with Crippen molar-refractivity contribution in [1.82, 2.24) is 14.9 Å². The maximum absolute atomic E-state index is 12.7. The first kappa shape index (κ1) is 22.8. The fourth-order valence-corrected chi connectivity index (χ4v) is 4.87. The van der Waals surface area contributed by atoms with Crippen LogP contribution in [0.25, 0.3) is 10.9 Å². The van der Waals surface area contributed by atoms with Crippen LogP contribution < -0.4 is 15.9 Å². The molecule has 1 fully saturated rings. The summed E-state index contributed by atoms with van der Waals surface area (Å²) in [5.74, 6) is 0.306. The Hall–Kier alpha value is -3.36. The average Bonchev–Trinajstić information content (AvgIpc) is 2.97. The van der Waals surface area contributed by atoms with E-state index in [1.165, 1.54) is 18.3 Å². The zero-order valence-corrected chi connectivity index (χ0v) is 19.5. The van der Waals surface area contributed by atoms with Crippen LogP contribution in [-0.2, 0) is 14.6 Å². The van der Waals surface area contributed by atoms with E-state index in [0.29, 0.717) is 48.6 Å². The van der Waals surface area contributed by atoms with Crippen molar-refractivity contribution in [2.75, 3.05) is 30.1 Å². The molecule has 10 nitrogen and oxygen atoms in total. The van der Waals surface area contributed by atoms with E-state index in [9.17, 15) is 18.5 Å². The van der Waals surface area contributed by atoms with E-state index in [0.717, 1.165) is 0 Å². The summed E-state index contributed by atoms with van der Waals surface area (Å²) in [6.45, 7) is 6.32. The molecule has 1 aliphatic heterocycles. The van der Waals surface area contributed by atoms with Gasteiger partial charge in [-0.3, -0.25) is 9.80 Å². The molecule has 3 heterocycles. The van der Waals surface area contributed by atoms with E-state index < -0.39 is 20.6 Å². The molecule has 2 N–H and O–H groups in total. The van der Waals surface area contributed by atoms with Crippen LogP contribution >= 0.6 is 0 Å². The smallest absolute Gasteiger partial charge is 0.261 e. The van der Waals surface area contributed by atoms with Gasteiger partial charge in [-0.25, -0.2) is 8.42 Å². The molecule has 1 atom stereocenters. The summed E-state index contributed by atoms with van der Waals surface area (Å²) in [6.07, 6.45) is 2.06. The first-order valence-corrected chi connectivity index (χ1v) is 12.1. The number of hydrogen-bond donors (Lipinski definition) is 2. The topological polar surface area (TPSA) is 133 Å². The molecule has 1 aliphatic rings. The molecule has 33 heavy (non-hydrogen) atoms. The van der Waals surface area contributed by atoms with Gasteiger partial charge in [0, 0.05) is 24.9 Å². The van der Waals surface area contributed by atoms with Gasteiger partial charge in [0.05, 0.1) is 28.9 Å². The summed E-state index contributed by atoms with van der Waals surface area (Å²) in [4.78, 5) is 17.1. The Morgan fingerprint density at radius 2 is 1.94 bits per heavy atom. The molecule has 0 saturated carbocycles. The number of nitriles is 1. The summed E-state index contributed by atoms with van der Waals surface area (Å²) in [7, 11) is -3.48. The fourth-order valence-electron chi connectivity index (χ4n) is 3.67. The number of fused-ring (bicyclic) bond motifs is 1. The monoisotopic (exact) mass is 470 g/mol. The lowest BCUT2D eigenvalue weighted by Crippen LogP contribution is -2.44. The van der Waals surface area contributed by atoms with Crippen LogP contribution in [-0.4, -0.2) is 53.8 Å². The molecular formula is C22H26N6O4S. The molecule has 1 unspecified atom stereocenters. The van der Waals surface area contributed by atoms with E-state index >= 15 is 0 Å². The van der Waals surface area contributed by atoms with Crippen molar-refractivity contribution < 1.29 is 13.2 Å². The number of nitrogens with one attached hydrogen (secondary N) is 2. The van der Waals surface area contributed by atoms with Gasteiger partial charge in [0.1, 0.15) is 16.9 Å². The summed E-state index contributed by atoms with van der Waals surface area (Å²) >= 11 is 0. The standard InChI is InChI=1S/C22H26N6O4S/c1-22(2,3)33(30,31)17-6-4-15(5-7-17)25-20-19-18(8-10-24-21(19)29)28(26-20)27-11-13-32-12-9-16(27)14-23/h4-8,10,16H,9,11-13H2,1-3H3,(H,24,29)(H,25,26). The molecule has 0 bridgehead atoms. The number of sulfone groups is 1. The van der Waals surface area contributed by atoms with E-state index in [1.807, 2.05) is 0 Å². The van der Waals surface area contributed by atoms with Crippen LogP contribution in [0.5, 0.6) is 0 Å². The summed E-state index contributed by atoms with van der Waals surface area (Å²) in [6, 6.07) is 9.90. The maximum atomic E-state index is 12.7. The number of pyridine rings is 1. The van der Waals surface area contributed by atoms with E-state index in [1.54, 1.807) is 48.8 Å². The Labute approximate surface area is 191 Å². The third kappa shape index (κ3) is 4.19. The van der Waals surface area contributed by atoms with Crippen LogP contribution in [0, 0.1) is 11.3 Å². The highest BCUT2D eigenvalue weighted by Crippen LogP contribution is 2.28. The summed E-state index contributed by atoms with van der Waals surface area (Å²) in [5, 5.41) is 19.5. The molecule has 4 rings (SSSR count). The Kier molecular flexibility index (Phi) is 5.90. The van der Waals surface area contributed by atoms with Crippen LogP contribution in [0.15, 0.2) is 46.2 Å². The zero-order chi connectivity index (χ0) is 23.8. The molecule has 0 spiro atoms. The van der Waals surface area contributed by atoms with Gasteiger partial charge in [-0.05, 0) is 51.1 Å². The predicted octanol–water partition coefficient (Wildman–Crippen LogP) is 2.29. The zero-order valence-electron chi connectivity index (χ0n) is 18.7. The fraction of sp³-hybridized carbons (Fsp3) is 0.409. The molecule has 1 aromatic carbocycles. The second kappa shape index (κ2) is 8.53. The molecular weight excluding hydrogens is 444 g/mol. The first-order chi connectivity index (χ1) is 15.6. The lowest BCUT2D eigenvalue weighted by Gasteiger charge is -2.26. The minimum atomic E-state index is -3.48. The van der Waals surface area contributed by atoms with Gasteiger partial charge in [-0.15, -0.1) is 5.10 Å². The predicted molar refractivity (Wildman–Crippen MR) is 125 cm³/mol.